The molecule has 6 heteroatoms. The molecule has 0 radical (unpaired) electrons. The first-order chi connectivity index (χ1) is 9.19. The maximum atomic E-state index is 5.83. The van der Waals surface area contributed by atoms with Crippen LogP contribution in [-0.2, 0) is 0 Å². The van der Waals surface area contributed by atoms with Gasteiger partial charge in [0.1, 0.15) is 17.2 Å². The third-order valence-corrected chi connectivity index (χ3v) is 3.14. The van der Waals surface area contributed by atoms with Crippen LogP contribution in [0.2, 0.25) is 5.15 Å². The fourth-order valence-corrected chi connectivity index (χ4v) is 2.07. The molecule has 0 atom stereocenters. The maximum absolute atomic E-state index is 5.83. The van der Waals surface area contributed by atoms with Crippen LogP contribution in [0, 0.1) is 6.92 Å². The number of benzene rings is 1. The summed E-state index contributed by atoms with van der Waals surface area (Å²) >= 11 is 5.83. The summed E-state index contributed by atoms with van der Waals surface area (Å²) in [6.07, 6.45) is 1.61. The highest BCUT2D eigenvalue weighted by Gasteiger charge is 2.10. The Balaban J connectivity index is 2.19. The second kappa shape index (κ2) is 4.51. The summed E-state index contributed by atoms with van der Waals surface area (Å²) in [7, 11) is 1.65. The lowest BCUT2D eigenvalue weighted by molar-refractivity contribution is 0.412. The highest BCUT2D eigenvalue weighted by Crippen LogP contribution is 2.26. The number of hydrogen-bond acceptors (Lipinski definition) is 4. The Morgan fingerprint density at radius 1 is 1.21 bits per heavy atom. The van der Waals surface area contributed by atoms with Gasteiger partial charge in [0.2, 0.25) is 0 Å². The molecule has 0 bridgehead atoms. The predicted octanol–water partition coefficient (Wildman–Crippen LogP) is 2.76. The van der Waals surface area contributed by atoms with Crippen molar-refractivity contribution in [1.82, 2.24) is 19.6 Å². The van der Waals surface area contributed by atoms with Crippen molar-refractivity contribution >= 4 is 17.2 Å². The van der Waals surface area contributed by atoms with Crippen molar-refractivity contribution in [3.8, 4) is 17.1 Å². The maximum Gasteiger partial charge on any atom is 0.169 e. The molecule has 0 saturated carbocycles. The molecule has 1 aromatic carbocycles. The summed E-state index contributed by atoms with van der Waals surface area (Å²) in [4.78, 5) is 4.04. The Hall–Kier alpha value is -2.14. The summed E-state index contributed by atoms with van der Waals surface area (Å²) in [6, 6.07) is 7.56. The third-order valence-electron chi connectivity index (χ3n) is 2.93. The van der Waals surface area contributed by atoms with Crippen LogP contribution < -0.4 is 4.74 Å². The smallest absolute Gasteiger partial charge is 0.169 e. The molecular formula is C13H11ClN4O. The molecule has 3 rings (SSSR count). The largest absolute Gasteiger partial charge is 0.496 e. The number of nitrogens with zero attached hydrogens (tertiary/aromatic N) is 4. The van der Waals surface area contributed by atoms with Crippen molar-refractivity contribution in [2.75, 3.05) is 7.11 Å². The van der Waals surface area contributed by atoms with Crippen LogP contribution >= 0.6 is 11.6 Å². The average Bonchev–Trinajstić information content (AvgIpc) is 2.82. The van der Waals surface area contributed by atoms with E-state index in [1.165, 1.54) is 0 Å². The van der Waals surface area contributed by atoms with Gasteiger partial charge in [-0.3, -0.25) is 4.40 Å². The van der Waals surface area contributed by atoms with E-state index in [1.807, 2.05) is 25.1 Å². The lowest BCUT2D eigenvalue weighted by Gasteiger charge is -2.06. The van der Waals surface area contributed by atoms with Gasteiger partial charge >= 0.3 is 0 Å². The molecule has 0 spiro atoms. The van der Waals surface area contributed by atoms with Crippen molar-refractivity contribution < 1.29 is 4.74 Å². The van der Waals surface area contributed by atoms with E-state index in [9.17, 15) is 0 Å². The normalized spacial score (nSPS) is 10.9. The quantitative estimate of drug-likeness (QED) is 0.674. The first kappa shape index (κ1) is 11.9. The van der Waals surface area contributed by atoms with Crippen LogP contribution in [0.25, 0.3) is 17.0 Å². The highest BCUT2D eigenvalue weighted by atomic mass is 35.5. The van der Waals surface area contributed by atoms with E-state index < -0.39 is 0 Å². The fourth-order valence-electron chi connectivity index (χ4n) is 1.93. The molecule has 2 aromatic heterocycles. The topological polar surface area (TPSA) is 52.3 Å². The molecule has 2 heterocycles. The van der Waals surface area contributed by atoms with Gasteiger partial charge in [0.15, 0.2) is 11.5 Å². The Labute approximate surface area is 114 Å². The van der Waals surface area contributed by atoms with Gasteiger partial charge < -0.3 is 4.74 Å². The number of methoxy groups -OCH3 is 1. The molecule has 5 nitrogen and oxygen atoms in total. The molecule has 0 amide bonds. The summed E-state index contributed by atoms with van der Waals surface area (Å²) in [5, 5.41) is 8.65. The van der Waals surface area contributed by atoms with Gasteiger partial charge in [-0.15, -0.1) is 10.2 Å². The molecule has 3 aromatic rings. The Kier molecular flexibility index (Phi) is 2.83. The molecule has 0 aliphatic carbocycles. The van der Waals surface area contributed by atoms with Crippen molar-refractivity contribution in [1.29, 1.82) is 0 Å². The van der Waals surface area contributed by atoms with Crippen LogP contribution in [0.3, 0.4) is 0 Å². The van der Waals surface area contributed by atoms with E-state index in [4.69, 9.17) is 16.3 Å². The highest BCUT2D eigenvalue weighted by molar-refractivity contribution is 6.29. The number of hydrogen-bond donors (Lipinski definition) is 0. The fraction of sp³-hybridized carbons (Fsp3) is 0.154. The van der Waals surface area contributed by atoms with E-state index >= 15 is 0 Å². The molecular weight excluding hydrogens is 264 g/mol. The second-order valence-corrected chi connectivity index (χ2v) is 4.54. The number of aromatic nitrogens is 4. The second-order valence-electron chi connectivity index (χ2n) is 4.15. The van der Waals surface area contributed by atoms with Gasteiger partial charge in [-0.05, 0) is 18.6 Å². The Morgan fingerprint density at radius 3 is 2.84 bits per heavy atom. The van der Waals surface area contributed by atoms with Crippen molar-refractivity contribution in [3.63, 3.8) is 0 Å². The van der Waals surface area contributed by atoms with E-state index in [0.717, 1.165) is 16.9 Å². The summed E-state index contributed by atoms with van der Waals surface area (Å²) in [5.41, 5.74) is 2.65. The number of aryl methyl sites for hydroxylation is 1. The Bertz CT molecular complexity index is 753. The monoisotopic (exact) mass is 274 g/mol. The minimum Gasteiger partial charge on any atom is -0.496 e. The van der Waals surface area contributed by atoms with Crippen LogP contribution in [0.1, 0.15) is 5.56 Å². The van der Waals surface area contributed by atoms with Crippen LogP contribution in [0.4, 0.5) is 0 Å². The number of ether oxygens (including phenoxy) is 1. The van der Waals surface area contributed by atoms with Crippen LogP contribution in [0.15, 0.2) is 30.6 Å². The predicted molar refractivity (Wildman–Crippen MR) is 72.5 cm³/mol. The van der Waals surface area contributed by atoms with Crippen LogP contribution in [0.5, 0.6) is 5.75 Å². The van der Waals surface area contributed by atoms with Gasteiger partial charge in [0.25, 0.3) is 0 Å². The zero-order chi connectivity index (χ0) is 13.4. The minimum atomic E-state index is 0.396. The van der Waals surface area contributed by atoms with Crippen molar-refractivity contribution in [3.05, 3.63) is 41.3 Å². The van der Waals surface area contributed by atoms with Crippen LogP contribution in [-0.4, -0.2) is 26.7 Å². The Morgan fingerprint density at radius 2 is 2.05 bits per heavy atom. The lowest BCUT2D eigenvalue weighted by atomic mass is 10.1. The molecule has 0 fully saturated rings. The average molecular weight is 275 g/mol. The first-order valence-corrected chi connectivity index (χ1v) is 6.08. The van der Waals surface area contributed by atoms with Crippen molar-refractivity contribution in [2.45, 2.75) is 6.92 Å². The summed E-state index contributed by atoms with van der Waals surface area (Å²) < 4.78 is 7.11. The zero-order valence-electron chi connectivity index (χ0n) is 10.5. The summed E-state index contributed by atoms with van der Waals surface area (Å²) in [6.45, 7) is 1.99. The molecule has 0 N–H and O–H groups in total. The standard InChI is InChI=1S/C13H11ClN4O/c1-8-3-4-9(5-10(8)19-2)13-17-16-12-6-11(14)15-7-18(12)13/h3-7H,1-2H3. The minimum absolute atomic E-state index is 0.396. The number of fused-ring (bicyclic) bond motifs is 1. The van der Waals surface area contributed by atoms with E-state index in [0.29, 0.717) is 16.6 Å². The molecule has 0 unspecified atom stereocenters. The molecule has 19 heavy (non-hydrogen) atoms. The van der Waals surface area contributed by atoms with Gasteiger partial charge in [0, 0.05) is 11.6 Å². The molecule has 96 valence electrons. The van der Waals surface area contributed by atoms with E-state index in [2.05, 4.69) is 15.2 Å². The third kappa shape index (κ3) is 2.02. The summed E-state index contributed by atoms with van der Waals surface area (Å²) in [5.74, 6) is 1.52. The van der Waals surface area contributed by atoms with Gasteiger partial charge in [-0.25, -0.2) is 4.98 Å². The molecule has 0 aliphatic heterocycles. The lowest BCUT2D eigenvalue weighted by Crippen LogP contribution is -1.93. The van der Waals surface area contributed by atoms with Gasteiger partial charge in [0.05, 0.1) is 7.11 Å². The SMILES string of the molecule is COc1cc(-c2nnc3cc(Cl)ncn23)ccc1C. The molecule has 0 aliphatic rings. The van der Waals surface area contributed by atoms with Gasteiger partial charge in [-0.2, -0.15) is 0 Å². The number of rotatable bonds is 2. The van der Waals surface area contributed by atoms with E-state index in [-0.39, 0.29) is 0 Å². The first-order valence-electron chi connectivity index (χ1n) is 5.70. The zero-order valence-corrected chi connectivity index (χ0v) is 11.2. The molecule has 0 saturated heterocycles. The number of halogens is 1. The van der Waals surface area contributed by atoms with Gasteiger partial charge in [-0.1, -0.05) is 23.7 Å². The van der Waals surface area contributed by atoms with Crippen molar-refractivity contribution in [2.24, 2.45) is 0 Å². The van der Waals surface area contributed by atoms with E-state index in [1.54, 1.807) is 23.9 Å².